The summed E-state index contributed by atoms with van der Waals surface area (Å²) in [6.07, 6.45) is 3.02. The van der Waals surface area contributed by atoms with Gasteiger partial charge in [0.1, 0.15) is 0 Å². The lowest BCUT2D eigenvalue weighted by Crippen LogP contribution is -2.14. The number of ether oxygens (including phenoxy) is 2. The standard InChI is InChI=1S/C23H23ClN4O3S/c1-14-3-5-16(12-18(14)24)25-21(29)13-32-23-27-26-22(28(23)17-6-7-17)15-4-8-19-20(11-15)31-10-2-9-30-19/h3-5,8,11-12,17H,2,6-7,9-10,13H2,1H3,(H,25,29). The molecule has 2 aromatic carbocycles. The Morgan fingerprint density at radius 2 is 1.97 bits per heavy atom. The number of nitrogens with zero attached hydrogens (tertiary/aromatic N) is 3. The molecular weight excluding hydrogens is 448 g/mol. The first-order chi connectivity index (χ1) is 15.6. The lowest BCUT2D eigenvalue weighted by atomic mass is 10.2. The highest BCUT2D eigenvalue weighted by Crippen LogP contribution is 2.42. The Bertz CT molecular complexity index is 1160. The van der Waals surface area contributed by atoms with Gasteiger partial charge in [0.2, 0.25) is 5.91 Å². The molecule has 9 heteroatoms. The molecule has 166 valence electrons. The molecule has 0 bridgehead atoms. The molecule has 32 heavy (non-hydrogen) atoms. The van der Waals surface area contributed by atoms with Crippen LogP contribution in [0.3, 0.4) is 0 Å². The third-order valence-electron chi connectivity index (χ3n) is 5.37. The van der Waals surface area contributed by atoms with Crippen LogP contribution in [0.25, 0.3) is 11.4 Å². The van der Waals surface area contributed by atoms with Crippen LogP contribution >= 0.6 is 23.4 Å². The van der Waals surface area contributed by atoms with E-state index in [4.69, 9.17) is 21.1 Å². The normalized spacial score (nSPS) is 15.3. The number of aryl methyl sites for hydroxylation is 1. The smallest absolute Gasteiger partial charge is 0.234 e. The minimum atomic E-state index is -0.114. The molecule has 0 saturated heterocycles. The SMILES string of the molecule is Cc1ccc(NC(=O)CSc2nnc(-c3ccc4c(c3)OCCCO4)n2C2CC2)cc1Cl. The van der Waals surface area contributed by atoms with Crippen molar-refractivity contribution in [1.82, 2.24) is 14.8 Å². The van der Waals surface area contributed by atoms with Crippen LogP contribution in [0.15, 0.2) is 41.6 Å². The Hall–Kier alpha value is -2.71. The molecule has 0 unspecified atom stereocenters. The molecular formula is C23H23ClN4O3S. The van der Waals surface area contributed by atoms with Crippen molar-refractivity contribution in [3.63, 3.8) is 0 Å². The number of nitrogens with one attached hydrogen (secondary N) is 1. The van der Waals surface area contributed by atoms with Crippen molar-refractivity contribution in [3.8, 4) is 22.9 Å². The van der Waals surface area contributed by atoms with Crippen molar-refractivity contribution in [2.24, 2.45) is 0 Å². The first-order valence-corrected chi connectivity index (χ1v) is 12.0. The lowest BCUT2D eigenvalue weighted by molar-refractivity contribution is -0.113. The van der Waals surface area contributed by atoms with E-state index in [0.717, 1.165) is 52.9 Å². The number of amides is 1. The van der Waals surface area contributed by atoms with E-state index >= 15 is 0 Å². The molecule has 5 rings (SSSR count). The third kappa shape index (κ3) is 4.56. The van der Waals surface area contributed by atoms with Gasteiger partial charge in [-0.3, -0.25) is 9.36 Å². The van der Waals surface area contributed by atoms with Crippen molar-refractivity contribution in [3.05, 3.63) is 47.0 Å². The number of carbonyl (C=O) groups is 1. The topological polar surface area (TPSA) is 78.3 Å². The van der Waals surface area contributed by atoms with Gasteiger partial charge < -0.3 is 14.8 Å². The molecule has 3 aromatic rings. The number of carbonyl (C=O) groups excluding carboxylic acids is 1. The predicted octanol–water partition coefficient (Wildman–Crippen LogP) is 5.13. The first kappa shape index (κ1) is 21.2. The van der Waals surface area contributed by atoms with Crippen LogP contribution in [0.1, 0.15) is 30.9 Å². The first-order valence-electron chi connectivity index (χ1n) is 10.6. The molecule has 1 saturated carbocycles. The van der Waals surface area contributed by atoms with E-state index in [2.05, 4.69) is 20.1 Å². The number of aromatic nitrogens is 3. The highest BCUT2D eigenvalue weighted by Gasteiger charge is 2.30. The maximum atomic E-state index is 12.5. The van der Waals surface area contributed by atoms with Crippen LogP contribution in [0.2, 0.25) is 5.02 Å². The Labute approximate surface area is 195 Å². The molecule has 1 aliphatic heterocycles. The third-order valence-corrected chi connectivity index (χ3v) is 6.72. The van der Waals surface area contributed by atoms with Crippen LogP contribution in [-0.4, -0.2) is 39.6 Å². The number of fused-ring (bicyclic) bond motifs is 1. The zero-order valence-electron chi connectivity index (χ0n) is 17.6. The molecule has 1 aromatic heterocycles. The molecule has 0 radical (unpaired) electrons. The van der Waals surface area contributed by atoms with Crippen LogP contribution < -0.4 is 14.8 Å². The number of benzene rings is 2. The van der Waals surface area contributed by atoms with Gasteiger partial charge in [-0.2, -0.15) is 0 Å². The van der Waals surface area contributed by atoms with E-state index in [-0.39, 0.29) is 11.7 Å². The fourth-order valence-corrected chi connectivity index (χ4v) is 4.52. The number of hydrogen-bond donors (Lipinski definition) is 1. The van der Waals surface area contributed by atoms with Crippen LogP contribution in [-0.2, 0) is 4.79 Å². The second kappa shape index (κ2) is 9.03. The zero-order chi connectivity index (χ0) is 22.1. The van der Waals surface area contributed by atoms with E-state index < -0.39 is 0 Å². The summed E-state index contributed by atoms with van der Waals surface area (Å²) in [5, 5.41) is 13.1. The van der Waals surface area contributed by atoms with E-state index in [1.54, 1.807) is 6.07 Å². The molecule has 7 nitrogen and oxygen atoms in total. The van der Waals surface area contributed by atoms with Crippen molar-refractivity contribution < 1.29 is 14.3 Å². The fraction of sp³-hybridized carbons (Fsp3) is 0.348. The van der Waals surface area contributed by atoms with Gasteiger partial charge in [0.05, 0.1) is 19.0 Å². The number of thioether (sulfide) groups is 1. The van der Waals surface area contributed by atoms with Gasteiger partial charge in [0.25, 0.3) is 0 Å². The molecule has 0 atom stereocenters. The minimum Gasteiger partial charge on any atom is -0.490 e. The minimum absolute atomic E-state index is 0.114. The van der Waals surface area contributed by atoms with E-state index in [1.807, 2.05) is 37.3 Å². The Kier molecular flexibility index (Phi) is 5.97. The molecule has 1 amide bonds. The maximum absolute atomic E-state index is 12.5. The summed E-state index contributed by atoms with van der Waals surface area (Å²) in [7, 11) is 0. The number of anilines is 1. The van der Waals surface area contributed by atoms with Gasteiger partial charge in [0.15, 0.2) is 22.5 Å². The van der Waals surface area contributed by atoms with Crippen LogP contribution in [0.5, 0.6) is 11.5 Å². The average Bonchev–Trinajstić information content (AvgIpc) is 3.58. The van der Waals surface area contributed by atoms with Gasteiger partial charge in [0, 0.05) is 28.7 Å². The number of rotatable bonds is 6. The van der Waals surface area contributed by atoms with Gasteiger partial charge in [-0.05, 0) is 55.7 Å². The molecule has 1 fully saturated rings. The number of halogens is 1. The summed E-state index contributed by atoms with van der Waals surface area (Å²) < 4.78 is 13.7. The Balaban J connectivity index is 1.32. The molecule has 0 spiro atoms. The molecule has 2 heterocycles. The fourth-order valence-electron chi connectivity index (χ4n) is 3.53. The Morgan fingerprint density at radius 3 is 2.75 bits per heavy atom. The largest absolute Gasteiger partial charge is 0.490 e. The summed E-state index contributed by atoms with van der Waals surface area (Å²) in [5.74, 6) is 2.40. The van der Waals surface area contributed by atoms with Crippen LogP contribution in [0, 0.1) is 6.92 Å². The predicted molar refractivity (Wildman–Crippen MR) is 125 cm³/mol. The van der Waals surface area contributed by atoms with E-state index in [1.165, 1.54) is 11.8 Å². The monoisotopic (exact) mass is 470 g/mol. The van der Waals surface area contributed by atoms with Crippen molar-refractivity contribution in [2.75, 3.05) is 24.3 Å². The average molecular weight is 471 g/mol. The van der Waals surface area contributed by atoms with Crippen LogP contribution in [0.4, 0.5) is 5.69 Å². The van der Waals surface area contributed by atoms with Gasteiger partial charge in [-0.1, -0.05) is 29.4 Å². The second-order valence-corrected chi connectivity index (χ2v) is 9.27. The summed E-state index contributed by atoms with van der Waals surface area (Å²) in [6.45, 7) is 3.21. The highest BCUT2D eigenvalue weighted by molar-refractivity contribution is 7.99. The summed E-state index contributed by atoms with van der Waals surface area (Å²) >= 11 is 7.54. The van der Waals surface area contributed by atoms with Crippen molar-refractivity contribution in [2.45, 2.75) is 37.4 Å². The van der Waals surface area contributed by atoms with Crippen molar-refractivity contribution in [1.29, 1.82) is 0 Å². The van der Waals surface area contributed by atoms with Gasteiger partial charge in [-0.15, -0.1) is 10.2 Å². The second-order valence-electron chi connectivity index (χ2n) is 7.92. The van der Waals surface area contributed by atoms with E-state index in [9.17, 15) is 4.79 Å². The summed E-state index contributed by atoms with van der Waals surface area (Å²) in [5.41, 5.74) is 2.58. The lowest BCUT2D eigenvalue weighted by Gasteiger charge is -2.11. The summed E-state index contributed by atoms with van der Waals surface area (Å²) in [6, 6.07) is 11.7. The number of hydrogen-bond acceptors (Lipinski definition) is 6. The van der Waals surface area contributed by atoms with E-state index in [0.29, 0.717) is 30.0 Å². The zero-order valence-corrected chi connectivity index (χ0v) is 19.2. The molecule has 1 aliphatic carbocycles. The summed E-state index contributed by atoms with van der Waals surface area (Å²) in [4.78, 5) is 12.5. The maximum Gasteiger partial charge on any atom is 0.234 e. The highest BCUT2D eigenvalue weighted by atomic mass is 35.5. The van der Waals surface area contributed by atoms with Gasteiger partial charge in [-0.25, -0.2) is 0 Å². The molecule has 1 N–H and O–H groups in total. The van der Waals surface area contributed by atoms with Gasteiger partial charge >= 0.3 is 0 Å². The van der Waals surface area contributed by atoms with Crippen molar-refractivity contribution >= 4 is 35.0 Å². The quantitative estimate of drug-likeness (QED) is 0.503. The Morgan fingerprint density at radius 1 is 1.16 bits per heavy atom. The molecule has 2 aliphatic rings.